The van der Waals surface area contributed by atoms with Crippen molar-refractivity contribution >= 4 is 5.69 Å². The van der Waals surface area contributed by atoms with Crippen LogP contribution in [-0.2, 0) is 0 Å². The molecule has 0 unspecified atom stereocenters. The predicted octanol–water partition coefficient (Wildman–Crippen LogP) is 2.59. The van der Waals surface area contributed by atoms with Gasteiger partial charge >= 0.3 is 0 Å². The van der Waals surface area contributed by atoms with Crippen LogP contribution >= 0.6 is 0 Å². The number of nitrogens with one attached hydrogen (secondary N) is 1. The van der Waals surface area contributed by atoms with Crippen molar-refractivity contribution in [3.05, 3.63) is 24.3 Å². The van der Waals surface area contributed by atoms with Gasteiger partial charge in [0, 0.05) is 30.9 Å². The predicted molar refractivity (Wildman–Crippen MR) is 71.8 cm³/mol. The number of rotatable bonds is 4. The lowest BCUT2D eigenvalue weighted by Crippen LogP contribution is -2.38. The van der Waals surface area contributed by atoms with Gasteiger partial charge in [0.2, 0.25) is 0 Å². The summed E-state index contributed by atoms with van der Waals surface area (Å²) in [6.45, 7) is 5.82. The quantitative estimate of drug-likeness (QED) is 0.866. The number of anilines is 1. The SMILES string of the molecule is CCN1CCC(Nc2cccc(OC)c2)CC1. The summed E-state index contributed by atoms with van der Waals surface area (Å²) < 4.78 is 5.23. The standard InChI is InChI=1S/C14H22N2O/c1-3-16-9-7-12(8-10-16)15-13-5-4-6-14(11-13)17-2/h4-6,11-12,15H,3,7-10H2,1-2H3. The molecule has 1 N–H and O–H groups in total. The first-order valence-electron chi connectivity index (χ1n) is 6.44. The van der Waals surface area contributed by atoms with Crippen LogP contribution in [0.1, 0.15) is 19.8 Å². The summed E-state index contributed by atoms with van der Waals surface area (Å²) in [6, 6.07) is 8.78. The van der Waals surface area contributed by atoms with E-state index in [4.69, 9.17) is 4.74 Å². The third kappa shape index (κ3) is 3.37. The molecule has 1 fully saturated rings. The first kappa shape index (κ1) is 12.2. The molecule has 94 valence electrons. The number of nitrogens with zero attached hydrogens (tertiary/aromatic N) is 1. The Bertz CT molecular complexity index is 346. The van der Waals surface area contributed by atoms with Gasteiger partial charge in [-0.1, -0.05) is 13.0 Å². The van der Waals surface area contributed by atoms with Crippen molar-refractivity contribution in [3.63, 3.8) is 0 Å². The van der Waals surface area contributed by atoms with E-state index in [0.29, 0.717) is 6.04 Å². The minimum atomic E-state index is 0.602. The second-order valence-corrected chi connectivity index (χ2v) is 4.58. The molecule has 0 saturated carbocycles. The Morgan fingerprint density at radius 1 is 1.35 bits per heavy atom. The topological polar surface area (TPSA) is 24.5 Å². The van der Waals surface area contributed by atoms with Crippen molar-refractivity contribution in [3.8, 4) is 5.75 Å². The molecule has 2 rings (SSSR count). The lowest BCUT2D eigenvalue weighted by atomic mass is 10.0. The lowest BCUT2D eigenvalue weighted by Gasteiger charge is -2.32. The van der Waals surface area contributed by atoms with Crippen LogP contribution in [0.4, 0.5) is 5.69 Å². The number of likely N-dealkylation sites (tertiary alicyclic amines) is 1. The first-order valence-corrected chi connectivity index (χ1v) is 6.44. The van der Waals surface area contributed by atoms with E-state index in [-0.39, 0.29) is 0 Å². The van der Waals surface area contributed by atoms with Crippen LogP contribution in [0, 0.1) is 0 Å². The number of piperidine rings is 1. The van der Waals surface area contributed by atoms with Crippen molar-refractivity contribution in [2.24, 2.45) is 0 Å². The highest BCUT2D eigenvalue weighted by Crippen LogP contribution is 2.20. The van der Waals surface area contributed by atoms with Crippen LogP contribution < -0.4 is 10.1 Å². The molecule has 0 spiro atoms. The average molecular weight is 234 g/mol. The number of hydrogen-bond acceptors (Lipinski definition) is 3. The minimum absolute atomic E-state index is 0.602. The number of hydrogen-bond donors (Lipinski definition) is 1. The van der Waals surface area contributed by atoms with E-state index in [9.17, 15) is 0 Å². The Hall–Kier alpha value is -1.22. The van der Waals surface area contributed by atoms with Gasteiger partial charge in [-0.3, -0.25) is 0 Å². The Balaban J connectivity index is 1.88. The molecule has 0 atom stereocenters. The van der Waals surface area contributed by atoms with E-state index >= 15 is 0 Å². The fourth-order valence-electron chi connectivity index (χ4n) is 2.34. The van der Waals surface area contributed by atoms with Gasteiger partial charge in [-0.25, -0.2) is 0 Å². The lowest BCUT2D eigenvalue weighted by molar-refractivity contribution is 0.229. The summed E-state index contributed by atoms with van der Waals surface area (Å²) in [6.07, 6.45) is 2.45. The molecule has 0 radical (unpaired) electrons. The normalized spacial score (nSPS) is 18.0. The minimum Gasteiger partial charge on any atom is -0.497 e. The third-order valence-electron chi connectivity index (χ3n) is 3.48. The smallest absolute Gasteiger partial charge is 0.120 e. The fourth-order valence-corrected chi connectivity index (χ4v) is 2.34. The summed E-state index contributed by atoms with van der Waals surface area (Å²) in [5, 5.41) is 3.59. The Morgan fingerprint density at radius 3 is 2.76 bits per heavy atom. The molecule has 0 amide bonds. The maximum absolute atomic E-state index is 5.23. The second kappa shape index (κ2) is 5.92. The first-order chi connectivity index (χ1) is 8.31. The molecule has 3 heteroatoms. The highest BCUT2D eigenvalue weighted by Gasteiger charge is 2.17. The second-order valence-electron chi connectivity index (χ2n) is 4.58. The molecule has 1 aliphatic heterocycles. The largest absolute Gasteiger partial charge is 0.497 e. The van der Waals surface area contributed by atoms with Crippen molar-refractivity contribution in [1.82, 2.24) is 4.90 Å². The Labute approximate surface area is 104 Å². The van der Waals surface area contributed by atoms with E-state index in [1.807, 2.05) is 12.1 Å². The van der Waals surface area contributed by atoms with Crippen LogP contribution in [-0.4, -0.2) is 37.7 Å². The molecule has 1 aromatic rings. The van der Waals surface area contributed by atoms with E-state index in [1.54, 1.807) is 7.11 Å². The Kier molecular flexibility index (Phi) is 4.26. The van der Waals surface area contributed by atoms with Crippen LogP contribution in [0.5, 0.6) is 5.75 Å². The van der Waals surface area contributed by atoms with Crippen LogP contribution in [0.2, 0.25) is 0 Å². The highest BCUT2D eigenvalue weighted by atomic mass is 16.5. The van der Waals surface area contributed by atoms with Gasteiger partial charge in [0.1, 0.15) is 5.75 Å². The van der Waals surface area contributed by atoms with Gasteiger partial charge in [-0.05, 0) is 31.5 Å². The van der Waals surface area contributed by atoms with Gasteiger partial charge in [-0.15, -0.1) is 0 Å². The molecule has 0 aliphatic carbocycles. The molecule has 1 aromatic carbocycles. The summed E-state index contributed by atoms with van der Waals surface area (Å²) in [5.41, 5.74) is 1.17. The van der Waals surface area contributed by atoms with Crippen molar-refractivity contribution in [2.45, 2.75) is 25.8 Å². The molecular weight excluding hydrogens is 212 g/mol. The van der Waals surface area contributed by atoms with Gasteiger partial charge in [0.25, 0.3) is 0 Å². The van der Waals surface area contributed by atoms with Crippen LogP contribution in [0.3, 0.4) is 0 Å². The maximum Gasteiger partial charge on any atom is 0.120 e. The fraction of sp³-hybridized carbons (Fsp3) is 0.571. The summed E-state index contributed by atoms with van der Waals surface area (Å²) >= 11 is 0. The summed E-state index contributed by atoms with van der Waals surface area (Å²) in [4.78, 5) is 2.50. The maximum atomic E-state index is 5.23. The zero-order chi connectivity index (χ0) is 12.1. The van der Waals surface area contributed by atoms with Gasteiger partial charge < -0.3 is 15.0 Å². The van der Waals surface area contributed by atoms with Crippen molar-refractivity contribution < 1.29 is 4.74 Å². The highest BCUT2D eigenvalue weighted by molar-refractivity contribution is 5.48. The third-order valence-corrected chi connectivity index (χ3v) is 3.48. The monoisotopic (exact) mass is 234 g/mol. The molecule has 0 aromatic heterocycles. The molecule has 0 bridgehead atoms. The van der Waals surface area contributed by atoms with Gasteiger partial charge in [0.05, 0.1) is 7.11 Å². The molecule has 1 saturated heterocycles. The van der Waals surface area contributed by atoms with E-state index in [1.165, 1.54) is 38.2 Å². The molecular formula is C14H22N2O. The number of ether oxygens (including phenoxy) is 1. The number of benzene rings is 1. The summed E-state index contributed by atoms with van der Waals surface area (Å²) in [7, 11) is 1.71. The van der Waals surface area contributed by atoms with Crippen molar-refractivity contribution in [2.75, 3.05) is 32.1 Å². The zero-order valence-electron chi connectivity index (χ0n) is 10.8. The molecule has 1 heterocycles. The van der Waals surface area contributed by atoms with Crippen LogP contribution in [0.25, 0.3) is 0 Å². The van der Waals surface area contributed by atoms with Crippen molar-refractivity contribution in [1.29, 1.82) is 0 Å². The van der Waals surface area contributed by atoms with E-state index in [0.717, 1.165) is 5.75 Å². The average Bonchev–Trinajstić information content (AvgIpc) is 2.40. The molecule has 17 heavy (non-hydrogen) atoms. The molecule has 1 aliphatic rings. The molecule has 3 nitrogen and oxygen atoms in total. The zero-order valence-corrected chi connectivity index (χ0v) is 10.8. The van der Waals surface area contributed by atoms with Gasteiger partial charge in [0.15, 0.2) is 0 Å². The van der Waals surface area contributed by atoms with Crippen LogP contribution in [0.15, 0.2) is 24.3 Å². The summed E-state index contributed by atoms with van der Waals surface area (Å²) in [5.74, 6) is 0.918. The Morgan fingerprint density at radius 2 is 2.12 bits per heavy atom. The van der Waals surface area contributed by atoms with Gasteiger partial charge in [-0.2, -0.15) is 0 Å². The number of methoxy groups -OCH3 is 1. The van der Waals surface area contributed by atoms with E-state index in [2.05, 4.69) is 29.3 Å². The van der Waals surface area contributed by atoms with E-state index < -0.39 is 0 Å².